The van der Waals surface area contributed by atoms with E-state index in [1.807, 2.05) is 0 Å². The van der Waals surface area contributed by atoms with Gasteiger partial charge in [-0.1, -0.05) is 0 Å². The van der Waals surface area contributed by atoms with Gasteiger partial charge in [0.05, 0.1) is 0 Å². The van der Waals surface area contributed by atoms with Crippen molar-refractivity contribution < 1.29 is 23.1 Å². The summed E-state index contributed by atoms with van der Waals surface area (Å²) in [5.41, 5.74) is -1.66. The first-order valence-corrected chi connectivity index (χ1v) is 4.09. The van der Waals surface area contributed by atoms with E-state index in [9.17, 15) is 22.8 Å². The van der Waals surface area contributed by atoms with Crippen LogP contribution < -0.4 is 5.56 Å². The van der Waals surface area contributed by atoms with Crippen LogP contribution in [0.15, 0.2) is 10.9 Å². The van der Waals surface area contributed by atoms with Crippen molar-refractivity contribution in [2.24, 2.45) is 0 Å². The van der Waals surface area contributed by atoms with Gasteiger partial charge in [0.15, 0.2) is 5.69 Å². The molecule has 90 valence electrons. The van der Waals surface area contributed by atoms with Gasteiger partial charge < -0.3 is 5.11 Å². The standard InChI is InChI=1S/C7H3F3N4O3/c8-7(9,10)5-12-6-11-2(4(16)17)1-3(15)14(6)13-5/h1H,(H,16,17)(H,11,12,13). The number of carboxylic acids is 1. The van der Waals surface area contributed by atoms with Gasteiger partial charge in [-0.25, -0.2) is 9.78 Å². The molecule has 0 radical (unpaired) electrons. The van der Waals surface area contributed by atoms with Gasteiger partial charge in [0.1, 0.15) is 0 Å². The highest BCUT2D eigenvalue weighted by atomic mass is 19.4. The van der Waals surface area contributed by atoms with E-state index in [0.29, 0.717) is 10.6 Å². The molecule has 7 nitrogen and oxygen atoms in total. The van der Waals surface area contributed by atoms with Crippen LogP contribution in [0, 0.1) is 0 Å². The quantitative estimate of drug-likeness (QED) is 0.747. The third-order valence-electron chi connectivity index (χ3n) is 1.82. The normalized spacial score (nSPS) is 11.9. The molecule has 0 bridgehead atoms. The molecule has 0 saturated heterocycles. The number of aromatic amines is 1. The van der Waals surface area contributed by atoms with E-state index in [2.05, 4.69) is 9.97 Å². The lowest BCUT2D eigenvalue weighted by atomic mass is 10.4. The highest BCUT2D eigenvalue weighted by Gasteiger charge is 2.35. The molecule has 0 unspecified atom stereocenters. The summed E-state index contributed by atoms with van der Waals surface area (Å²) >= 11 is 0. The van der Waals surface area contributed by atoms with Crippen LogP contribution in [0.4, 0.5) is 13.2 Å². The van der Waals surface area contributed by atoms with Crippen molar-refractivity contribution in [3.05, 3.63) is 27.9 Å². The predicted octanol–water partition coefficient (Wildman–Crippen LogP) is 0.135. The number of rotatable bonds is 1. The number of H-pyrrole nitrogens is 1. The molecular weight excluding hydrogens is 245 g/mol. The van der Waals surface area contributed by atoms with Gasteiger partial charge in [0.25, 0.3) is 11.3 Å². The first-order valence-electron chi connectivity index (χ1n) is 4.09. The van der Waals surface area contributed by atoms with Gasteiger partial charge in [0.2, 0.25) is 5.82 Å². The molecule has 0 saturated carbocycles. The van der Waals surface area contributed by atoms with E-state index in [1.54, 1.807) is 5.10 Å². The van der Waals surface area contributed by atoms with Crippen LogP contribution in [0.1, 0.15) is 16.3 Å². The number of carbonyl (C=O) groups is 1. The summed E-state index contributed by atoms with van der Waals surface area (Å²) in [6, 6.07) is 0.591. The van der Waals surface area contributed by atoms with E-state index >= 15 is 0 Å². The lowest BCUT2D eigenvalue weighted by Crippen LogP contribution is -2.18. The Labute approximate surface area is 89.5 Å². The Bertz CT molecular complexity index is 656. The molecular formula is C7H3F3N4O3. The van der Waals surface area contributed by atoms with Crippen LogP contribution >= 0.6 is 0 Å². The Morgan fingerprint density at radius 1 is 1.41 bits per heavy atom. The minimum atomic E-state index is -4.77. The summed E-state index contributed by atoms with van der Waals surface area (Å²) in [7, 11) is 0. The van der Waals surface area contributed by atoms with Crippen molar-refractivity contribution in [2.75, 3.05) is 0 Å². The van der Waals surface area contributed by atoms with E-state index in [0.717, 1.165) is 0 Å². The maximum absolute atomic E-state index is 12.3. The second-order valence-electron chi connectivity index (χ2n) is 2.99. The average Bonchev–Trinajstić information content (AvgIpc) is 2.60. The van der Waals surface area contributed by atoms with Crippen molar-refractivity contribution in [3.63, 3.8) is 0 Å². The fourth-order valence-corrected chi connectivity index (χ4v) is 1.12. The zero-order chi connectivity index (χ0) is 12.8. The van der Waals surface area contributed by atoms with Crippen molar-refractivity contribution >= 4 is 11.7 Å². The Balaban J connectivity index is 2.74. The van der Waals surface area contributed by atoms with Crippen LogP contribution in [0.2, 0.25) is 0 Å². The summed E-state index contributed by atoms with van der Waals surface area (Å²) in [5.74, 6) is -3.60. The Morgan fingerprint density at radius 2 is 2.06 bits per heavy atom. The first-order chi connectivity index (χ1) is 7.79. The zero-order valence-electron chi connectivity index (χ0n) is 7.82. The van der Waals surface area contributed by atoms with E-state index in [1.165, 1.54) is 0 Å². The Morgan fingerprint density at radius 3 is 2.59 bits per heavy atom. The number of fused-ring (bicyclic) bond motifs is 1. The highest BCUT2D eigenvalue weighted by molar-refractivity contribution is 5.85. The third-order valence-corrected chi connectivity index (χ3v) is 1.82. The number of nitrogens with zero attached hydrogens (tertiary/aromatic N) is 3. The minimum Gasteiger partial charge on any atom is -0.477 e. The van der Waals surface area contributed by atoms with E-state index < -0.39 is 35.0 Å². The lowest BCUT2D eigenvalue weighted by molar-refractivity contribution is -0.144. The molecule has 2 rings (SSSR count). The molecule has 0 spiro atoms. The number of aromatic carboxylic acids is 1. The topological polar surface area (TPSA) is 100 Å². The molecule has 2 aromatic heterocycles. The first kappa shape index (κ1) is 11.1. The lowest BCUT2D eigenvalue weighted by Gasteiger charge is -1.98. The summed E-state index contributed by atoms with van der Waals surface area (Å²) in [6.45, 7) is 0. The molecule has 0 fully saturated rings. The van der Waals surface area contributed by atoms with Gasteiger partial charge in [0, 0.05) is 6.07 Å². The average molecular weight is 248 g/mol. The summed E-state index contributed by atoms with van der Waals surface area (Å²) in [4.78, 5) is 28.1. The summed E-state index contributed by atoms with van der Waals surface area (Å²) in [5, 5.41) is 10.2. The van der Waals surface area contributed by atoms with Gasteiger partial charge in [-0.15, -0.1) is 0 Å². The predicted molar refractivity (Wildman–Crippen MR) is 45.6 cm³/mol. The molecule has 17 heavy (non-hydrogen) atoms. The Kier molecular flexibility index (Phi) is 2.16. The number of alkyl halides is 3. The molecule has 2 aromatic rings. The summed E-state index contributed by atoms with van der Waals surface area (Å²) < 4.78 is 37.2. The van der Waals surface area contributed by atoms with Gasteiger partial charge in [-0.2, -0.15) is 22.7 Å². The minimum absolute atomic E-state index is 0.412. The van der Waals surface area contributed by atoms with Gasteiger partial charge >= 0.3 is 12.1 Å². The van der Waals surface area contributed by atoms with Crippen LogP contribution in [-0.4, -0.2) is 30.7 Å². The van der Waals surface area contributed by atoms with Crippen LogP contribution in [0.5, 0.6) is 0 Å². The van der Waals surface area contributed by atoms with Crippen LogP contribution in [-0.2, 0) is 6.18 Å². The highest BCUT2D eigenvalue weighted by Crippen LogP contribution is 2.25. The number of carboxylic acid groups (broad SMARTS) is 1. The summed E-state index contributed by atoms with van der Waals surface area (Å²) in [6.07, 6.45) is -4.77. The van der Waals surface area contributed by atoms with Crippen LogP contribution in [0.25, 0.3) is 5.78 Å². The molecule has 0 atom stereocenters. The molecule has 0 aliphatic heterocycles. The molecule has 0 aromatic carbocycles. The maximum Gasteiger partial charge on any atom is 0.451 e. The number of hydrogen-bond donors (Lipinski definition) is 2. The second kappa shape index (κ2) is 3.30. The molecule has 0 aliphatic rings. The number of halogens is 3. The van der Waals surface area contributed by atoms with Crippen molar-refractivity contribution in [3.8, 4) is 0 Å². The number of aromatic nitrogens is 4. The Hall–Kier alpha value is -2.39. The maximum atomic E-state index is 12.3. The fraction of sp³-hybridized carbons (Fsp3) is 0.143. The fourth-order valence-electron chi connectivity index (χ4n) is 1.12. The zero-order valence-corrected chi connectivity index (χ0v) is 7.82. The molecule has 2 N–H and O–H groups in total. The molecule has 2 heterocycles. The second-order valence-corrected chi connectivity index (χ2v) is 2.99. The van der Waals surface area contributed by atoms with Gasteiger partial charge in [-0.05, 0) is 0 Å². The van der Waals surface area contributed by atoms with Crippen molar-refractivity contribution in [1.29, 1.82) is 0 Å². The largest absolute Gasteiger partial charge is 0.477 e. The monoisotopic (exact) mass is 248 g/mol. The van der Waals surface area contributed by atoms with Crippen LogP contribution in [0.3, 0.4) is 0 Å². The van der Waals surface area contributed by atoms with E-state index in [4.69, 9.17) is 5.11 Å². The van der Waals surface area contributed by atoms with Crippen molar-refractivity contribution in [1.82, 2.24) is 19.6 Å². The molecule has 10 heteroatoms. The number of hydrogen-bond acceptors (Lipinski definition) is 4. The number of nitrogens with one attached hydrogen (secondary N) is 1. The third kappa shape index (κ3) is 1.84. The van der Waals surface area contributed by atoms with E-state index in [-0.39, 0.29) is 0 Å². The SMILES string of the molecule is O=C(O)c1cc(=O)n2[nH]c(C(F)(F)F)nc2n1. The molecule has 0 amide bonds. The molecule has 0 aliphatic carbocycles. The van der Waals surface area contributed by atoms with Gasteiger partial charge in [-0.3, -0.25) is 9.89 Å². The smallest absolute Gasteiger partial charge is 0.451 e. The van der Waals surface area contributed by atoms with Crippen molar-refractivity contribution in [2.45, 2.75) is 6.18 Å².